The third-order valence-corrected chi connectivity index (χ3v) is 4.37. The van der Waals surface area contributed by atoms with Gasteiger partial charge >= 0.3 is 0 Å². The molecule has 0 aliphatic rings. The van der Waals surface area contributed by atoms with Crippen molar-refractivity contribution in [1.82, 2.24) is 10.5 Å². The number of rotatable bonds is 4. The van der Waals surface area contributed by atoms with Crippen LogP contribution in [0.3, 0.4) is 0 Å². The van der Waals surface area contributed by atoms with Crippen LogP contribution < -0.4 is 5.32 Å². The molecule has 3 aromatic rings. The Kier molecular flexibility index (Phi) is 4.47. The molecule has 0 spiro atoms. The molecule has 2 aromatic heterocycles. The number of carbonyl (C=O) groups is 1. The van der Waals surface area contributed by atoms with Gasteiger partial charge in [-0.3, -0.25) is 4.79 Å². The number of thiophene rings is 1. The highest BCUT2D eigenvalue weighted by Gasteiger charge is 2.14. The first-order valence-corrected chi connectivity index (χ1v) is 7.94. The van der Waals surface area contributed by atoms with E-state index in [9.17, 15) is 4.79 Å². The summed E-state index contributed by atoms with van der Waals surface area (Å²) in [5, 5.41) is 7.15. The molecule has 0 aliphatic heterocycles. The molecule has 0 bridgehead atoms. The highest BCUT2D eigenvalue weighted by molar-refractivity contribution is 7.16. The molecule has 1 N–H and O–H groups in total. The maximum absolute atomic E-state index is 12.0. The summed E-state index contributed by atoms with van der Waals surface area (Å²) >= 11 is 13.2. The first-order valence-electron chi connectivity index (χ1n) is 6.37. The second-order valence-corrected chi connectivity index (χ2v) is 6.71. The number of hydrogen-bond acceptors (Lipinski definition) is 4. The zero-order chi connectivity index (χ0) is 15.5. The van der Waals surface area contributed by atoms with Gasteiger partial charge in [-0.25, -0.2) is 0 Å². The quantitative estimate of drug-likeness (QED) is 0.743. The van der Waals surface area contributed by atoms with E-state index >= 15 is 0 Å². The van der Waals surface area contributed by atoms with E-state index in [0.29, 0.717) is 21.7 Å². The largest absolute Gasteiger partial charge is 0.355 e. The molecule has 4 nitrogen and oxygen atoms in total. The van der Waals surface area contributed by atoms with E-state index in [1.165, 1.54) is 11.3 Å². The van der Waals surface area contributed by atoms with Crippen LogP contribution in [0.2, 0.25) is 9.36 Å². The minimum Gasteiger partial charge on any atom is -0.355 e. The Hall–Kier alpha value is -1.82. The number of nitrogens with zero attached hydrogens (tertiary/aromatic N) is 1. The minimum absolute atomic E-state index is 0.220. The first-order chi connectivity index (χ1) is 10.6. The van der Waals surface area contributed by atoms with Crippen molar-refractivity contribution in [3.8, 4) is 11.3 Å². The molecule has 1 amide bonds. The van der Waals surface area contributed by atoms with Crippen LogP contribution >= 0.6 is 34.5 Å². The number of benzene rings is 1. The van der Waals surface area contributed by atoms with Crippen LogP contribution in [-0.2, 0) is 6.54 Å². The summed E-state index contributed by atoms with van der Waals surface area (Å²) in [6.45, 7) is 0.398. The van der Waals surface area contributed by atoms with Gasteiger partial charge in [-0.1, -0.05) is 40.5 Å². The van der Waals surface area contributed by atoms with Crippen molar-refractivity contribution >= 4 is 40.4 Å². The SMILES string of the molecule is O=C(NCc1ccc(Cl)s1)c1cc(-c2cccc(Cl)c2)on1. The lowest BCUT2D eigenvalue weighted by atomic mass is 10.1. The summed E-state index contributed by atoms with van der Waals surface area (Å²) in [7, 11) is 0. The molecule has 0 saturated heterocycles. The maximum Gasteiger partial charge on any atom is 0.273 e. The van der Waals surface area contributed by atoms with E-state index in [1.54, 1.807) is 30.3 Å². The molecule has 22 heavy (non-hydrogen) atoms. The third kappa shape index (κ3) is 3.50. The van der Waals surface area contributed by atoms with Gasteiger partial charge in [-0.15, -0.1) is 11.3 Å². The second kappa shape index (κ2) is 6.52. The van der Waals surface area contributed by atoms with Crippen LogP contribution in [0.25, 0.3) is 11.3 Å². The lowest BCUT2D eigenvalue weighted by Crippen LogP contribution is -2.22. The zero-order valence-corrected chi connectivity index (χ0v) is 13.5. The molecule has 0 aliphatic carbocycles. The molecule has 0 unspecified atom stereocenters. The fraction of sp³-hybridized carbons (Fsp3) is 0.0667. The average Bonchev–Trinajstić information content (AvgIpc) is 3.14. The smallest absolute Gasteiger partial charge is 0.273 e. The fourth-order valence-corrected chi connectivity index (χ4v) is 3.08. The first kappa shape index (κ1) is 15.1. The Labute approximate surface area is 140 Å². The van der Waals surface area contributed by atoms with E-state index in [4.69, 9.17) is 27.7 Å². The number of aromatic nitrogens is 1. The van der Waals surface area contributed by atoms with Crippen LogP contribution in [0, 0.1) is 0 Å². The van der Waals surface area contributed by atoms with Crippen molar-refractivity contribution in [2.75, 3.05) is 0 Å². The summed E-state index contributed by atoms with van der Waals surface area (Å²) in [4.78, 5) is 13.0. The number of carbonyl (C=O) groups excluding carboxylic acids is 1. The molecular weight excluding hydrogens is 343 g/mol. The summed E-state index contributed by atoms with van der Waals surface area (Å²) in [6, 6.07) is 12.4. The number of nitrogens with one attached hydrogen (secondary N) is 1. The molecule has 0 fully saturated rings. The van der Waals surface area contributed by atoms with Gasteiger partial charge in [0.2, 0.25) is 0 Å². The van der Waals surface area contributed by atoms with Crippen molar-refractivity contribution in [1.29, 1.82) is 0 Å². The van der Waals surface area contributed by atoms with Crippen LogP contribution in [0.1, 0.15) is 15.4 Å². The lowest BCUT2D eigenvalue weighted by Gasteiger charge is -1.99. The topological polar surface area (TPSA) is 55.1 Å². The Morgan fingerprint density at radius 2 is 2.09 bits per heavy atom. The molecule has 7 heteroatoms. The van der Waals surface area contributed by atoms with Gasteiger partial charge in [-0.05, 0) is 24.3 Å². The maximum atomic E-state index is 12.0. The Morgan fingerprint density at radius 1 is 1.23 bits per heavy atom. The standard InChI is InChI=1S/C15H10Cl2N2O2S/c16-10-3-1-2-9(6-10)13-7-12(19-21-13)15(20)18-8-11-4-5-14(17)22-11/h1-7H,8H2,(H,18,20). The van der Waals surface area contributed by atoms with Crippen LogP contribution in [-0.4, -0.2) is 11.1 Å². The van der Waals surface area contributed by atoms with Crippen molar-refractivity contribution in [3.63, 3.8) is 0 Å². The van der Waals surface area contributed by atoms with Crippen molar-refractivity contribution in [3.05, 3.63) is 62.4 Å². The molecule has 112 valence electrons. The highest BCUT2D eigenvalue weighted by atomic mass is 35.5. The highest BCUT2D eigenvalue weighted by Crippen LogP contribution is 2.24. The predicted molar refractivity (Wildman–Crippen MR) is 87.4 cm³/mol. The molecule has 2 heterocycles. The van der Waals surface area contributed by atoms with Gasteiger partial charge < -0.3 is 9.84 Å². The molecule has 0 radical (unpaired) electrons. The third-order valence-electron chi connectivity index (χ3n) is 2.90. The van der Waals surface area contributed by atoms with Gasteiger partial charge in [0.15, 0.2) is 11.5 Å². The van der Waals surface area contributed by atoms with Crippen molar-refractivity contribution in [2.24, 2.45) is 0 Å². The van der Waals surface area contributed by atoms with E-state index in [-0.39, 0.29) is 11.6 Å². The Bertz CT molecular complexity index is 813. The second-order valence-electron chi connectivity index (χ2n) is 4.48. The molecular formula is C15H10Cl2N2O2S. The van der Waals surface area contributed by atoms with Gasteiger partial charge in [0, 0.05) is 21.5 Å². The predicted octanol–water partition coefficient (Wildman–Crippen LogP) is 4.64. The van der Waals surface area contributed by atoms with E-state index in [1.807, 2.05) is 12.1 Å². The normalized spacial score (nSPS) is 10.6. The Balaban J connectivity index is 1.69. The van der Waals surface area contributed by atoms with Crippen molar-refractivity contribution < 1.29 is 9.32 Å². The average molecular weight is 353 g/mol. The fourth-order valence-electron chi connectivity index (χ4n) is 1.86. The zero-order valence-electron chi connectivity index (χ0n) is 11.2. The van der Waals surface area contributed by atoms with Gasteiger partial charge in [0.1, 0.15) is 0 Å². The number of amides is 1. The van der Waals surface area contributed by atoms with Gasteiger partial charge in [0.05, 0.1) is 10.9 Å². The van der Waals surface area contributed by atoms with E-state index in [2.05, 4.69) is 10.5 Å². The minimum atomic E-state index is -0.304. The van der Waals surface area contributed by atoms with Gasteiger partial charge in [0.25, 0.3) is 5.91 Å². The lowest BCUT2D eigenvalue weighted by molar-refractivity contribution is 0.0942. The molecule has 3 rings (SSSR count). The van der Waals surface area contributed by atoms with Crippen LogP contribution in [0.4, 0.5) is 0 Å². The molecule has 0 saturated carbocycles. The monoisotopic (exact) mass is 352 g/mol. The van der Waals surface area contributed by atoms with E-state index < -0.39 is 0 Å². The summed E-state index contributed by atoms with van der Waals surface area (Å²) in [5.74, 6) is 0.188. The number of halogens is 2. The molecule has 1 aromatic carbocycles. The van der Waals surface area contributed by atoms with E-state index in [0.717, 1.165) is 10.4 Å². The Morgan fingerprint density at radius 3 is 2.82 bits per heavy atom. The summed E-state index contributed by atoms with van der Waals surface area (Å²) in [5.41, 5.74) is 0.988. The number of hydrogen-bond donors (Lipinski definition) is 1. The molecule has 0 atom stereocenters. The van der Waals surface area contributed by atoms with Gasteiger partial charge in [-0.2, -0.15) is 0 Å². The van der Waals surface area contributed by atoms with Crippen LogP contribution in [0.5, 0.6) is 0 Å². The van der Waals surface area contributed by atoms with Crippen LogP contribution in [0.15, 0.2) is 47.0 Å². The summed E-state index contributed by atoms with van der Waals surface area (Å²) in [6.07, 6.45) is 0. The van der Waals surface area contributed by atoms with Crippen molar-refractivity contribution in [2.45, 2.75) is 6.54 Å². The summed E-state index contributed by atoms with van der Waals surface area (Å²) < 4.78 is 5.88.